The molecule has 0 amide bonds. The van der Waals surface area contributed by atoms with Crippen LogP contribution in [0.15, 0.2) is 28.8 Å². The zero-order valence-corrected chi connectivity index (χ0v) is 11.6. The molecule has 0 atom stereocenters. The summed E-state index contributed by atoms with van der Waals surface area (Å²) in [6.45, 7) is 3.67. The Balaban J connectivity index is 1.99. The van der Waals surface area contributed by atoms with Gasteiger partial charge >= 0.3 is 0 Å². The number of aromatic nitrogens is 2. The quantitative estimate of drug-likeness (QED) is 0.485. The number of aromatic amines is 1. The highest BCUT2D eigenvalue weighted by Gasteiger charge is 2.10. The van der Waals surface area contributed by atoms with Gasteiger partial charge < -0.3 is 16.5 Å². The zero-order chi connectivity index (χ0) is 14.4. The van der Waals surface area contributed by atoms with E-state index in [-0.39, 0.29) is 0 Å². The Morgan fingerprint density at radius 1 is 1.60 bits per heavy atom. The molecule has 0 aliphatic carbocycles. The fourth-order valence-electron chi connectivity index (χ4n) is 2.03. The molecule has 0 radical (unpaired) electrons. The average Bonchev–Trinajstić information content (AvgIpc) is 2.87. The summed E-state index contributed by atoms with van der Waals surface area (Å²) < 4.78 is 0. The van der Waals surface area contributed by atoms with Crippen LogP contribution in [-0.4, -0.2) is 34.8 Å². The number of nitrogens with two attached hydrogens (primary N) is 1. The van der Waals surface area contributed by atoms with Gasteiger partial charge in [-0.2, -0.15) is 5.10 Å². The summed E-state index contributed by atoms with van der Waals surface area (Å²) >= 11 is 0. The first-order valence-corrected chi connectivity index (χ1v) is 6.67. The summed E-state index contributed by atoms with van der Waals surface area (Å²) in [5.74, 6) is 0.954. The lowest BCUT2D eigenvalue weighted by molar-refractivity contribution is 0.716. The molecule has 2 heterocycles. The Hall–Kier alpha value is -2.21. The largest absolute Gasteiger partial charge is 0.387 e. The molecule has 0 spiro atoms. The lowest BCUT2D eigenvalue weighted by atomic mass is 10.0. The second-order valence-corrected chi connectivity index (χ2v) is 4.62. The maximum atomic E-state index is 8.05. The predicted octanol–water partition coefficient (Wildman–Crippen LogP) is 1.76. The van der Waals surface area contributed by atoms with Crippen molar-refractivity contribution in [3.63, 3.8) is 0 Å². The molecule has 5 N–H and O–H groups in total. The van der Waals surface area contributed by atoms with Crippen molar-refractivity contribution in [2.75, 3.05) is 13.1 Å². The molecule has 0 aromatic carbocycles. The van der Waals surface area contributed by atoms with E-state index in [2.05, 4.69) is 20.5 Å². The number of hydrogen-bond acceptors (Lipinski definition) is 4. The molecule has 1 aromatic rings. The molecule has 0 saturated carbocycles. The normalized spacial score (nSPS) is 16.4. The van der Waals surface area contributed by atoms with Crippen LogP contribution in [0, 0.1) is 5.41 Å². The zero-order valence-electron chi connectivity index (χ0n) is 11.6. The first-order valence-electron chi connectivity index (χ1n) is 6.67. The number of H-pyrrole nitrogens is 1. The standard InChI is InChI=1S/C14H20N6/c1-2-3-11-8-14(20-19-11)18-13(16)9-12(15)10-4-6-17-7-5-10/h2-4,8,15,17H,5-7,9H2,1H3,(H3,16,18,19,20)/b3-2+,15-12?. The fraction of sp³-hybridized carbons (Fsp3) is 0.357. The number of nitrogens with one attached hydrogen (secondary N) is 3. The second kappa shape index (κ2) is 6.81. The highest BCUT2D eigenvalue weighted by atomic mass is 15.2. The predicted molar refractivity (Wildman–Crippen MR) is 82.5 cm³/mol. The second-order valence-electron chi connectivity index (χ2n) is 4.62. The van der Waals surface area contributed by atoms with Gasteiger partial charge in [0.1, 0.15) is 5.84 Å². The van der Waals surface area contributed by atoms with Crippen molar-refractivity contribution in [1.82, 2.24) is 15.5 Å². The highest BCUT2D eigenvalue weighted by molar-refractivity contribution is 6.10. The van der Waals surface area contributed by atoms with Gasteiger partial charge in [0.15, 0.2) is 5.82 Å². The van der Waals surface area contributed by atoms with Gasteiger partial charge in [0.25, 0.3) is 0 Å². The van der Waals surface area contributed by atoms with Gasteiger partial charge in [-0.1, -0.05) is 12.2 Å². The minimum Gasteiger partial charge on any atom is -0.387 e. The molecule has 0 unspecified atom stereocenters. The number of amidine groups is 1. The van der Waals surface area contributed by atoms with Crippen LogP contribution in [0.4, 0.5) is 5.82 Å². The molecule has 1 aliphatic heterocycles. The third-order valence-corrected chi connectivity index (χ3v) is 3.00. The van der Waals surface area contributed by atoms with Gasteiger partial charge in [-0.15, -0.1) is 0 Å². The third-order valence-electron chi connectivity index (χ3n) is 3.00. The molecule has 6 heteroatoms. The van der Waals surface area contributed by atoms with Crippen LogP contribution in [0.5, 0.6) is 0 Å². The average molecular weight is 272 g/mol. The van der Waals surface area contributed by atoms with Crippen molar-refractivity contribution in [3.8, 4) is 0 Å². The van der Waals surface area contributed by atoms with Crippen LogP contribution in [0.2, 0.25) is 0 Å². The van der Waals surface area contributed by atoms with Crippen molar-refractivity contribution in [2.45, 2.75) is 19.8 Å². The molecule has 0 saturated heterocycles. The van der Waals surface area contributed by atoms with Crippen LogP contribution in [0.1, 0.15) is 25.5 Å². The molecule has 1 aromatic heterocycles. The van der Waals surface area contributed by atoms with Crippen LogP contribution < -0.4 is 11.1 Å². The Morgan fingerprint density at radius 2 is 2.45 bits per heavy atom. The molecule has 0 bridgehead atoms. The highest BCUT2D eigenvalue weighted by Crippen LogP contribution is 2.13. The van der Waals surface area contributed by atoms with E-state index in [1.54, 1.807) is 0 Å². The monoisotopic (exact) mass is 272 g/mol. The summed E-state index contributed by atoms with van der Waals surface area (Å²) in [7, 11) is 0. The van der Waals surface area contributed by atoms with E-state index in [1.165, 1.54) is 0 Å². The summed E-state index contributed by atoms with van der Waals surface area (Å²) in [6, 6.07) is 1.82. The Labute approximate surface area is 118 Å². The number of nitrogens with zero attached hydrogens (tertiary/aromatic N) is 2. The molecular weight excluding hydrogens is 252 g/mol. The Kier molecular flexibility index (Phi) is 4.84. The van der Waals surface area contributed by atoms with E-state index in [1.807, 2.05) is 31.2 Å². The van der Waals surface area contributed by atoms with E-state index in [0.717, 1.165) is 30.8 Å². The van der Waals surface area contributed by atoms with Crippen molar-refractivity contribution in [2.24, 2.45) is 10.7 Å². The van der Waals surface area contributed by atoms with Gasteiger partial charge in [0.05, 0.1) is 5.69 Å². The van der Waals surface area contributed by atoms with Gasteiger partial charge in [-0.3, -0.25) is 5.10 Å². The molecule has 1 aliphatic rings. The van der Waals surface area contributed by atoms with Gasteiger partial charge in [0, 0.05) is 24.7 Å². The van der Waals surface area contributed by atoms with Crippen molar-refractivity contribution in [3.05, 3.63) is 29.5 Å². The van der Waals surface area contributed by atoms with E-state index in [4.69, 9.17) is 11.1 Å². The Bertz CT molecular complexity index is 564. The summed E-state index contributed by atoms with van der Waals surface area (Å²) in [5.41, 5.74) is 8.37. The third kappa shape index (κ3) is 3.89. The lowest BCUT2D eigenvalue weighted by Gasteiger charge is -2.14. The summed E-state index contributed by atoms with van der Waals surface area (Å²) in [5, 5.41) is 18.2. The molecular formula is C14H20N6. The molecule has 6 nitrogen and oxygen atoms in total. The lowest BCUT2D eigenvalue weighted by Crippen LogP contribution is -2.25. The summed E-state index contributed by atoms with van der Waals surface area (Å²) in [4.78, 5) is 4.23. The maximum absolute atomic E-state index is 8.05. The smallest absolute Gasteiger partial charge is 0.175 e. The fourth-order valence-corrected chi connectivity index (χ4v) is 2.03. The van der Waals surface area contributed by atoms with Crippen LogP contribution in [0.25, 0.3) is 6.08 Å². The molecule has 20 heavy (non-hydrogen) atoms. The van der Waals surface area contributed by atoms with E-state index < -0.39 is 0 Å². The number of allylic oxidation sites excluding steroid dienone is 1. The number of aliphatic imine (C=N–C) groups is 1. The molecule has 0 fully saturated rings. The van der Waals surface area contributed by atoms with E-state index in [9.17, 15) is 0 Å². The Morgan fingerprint density at radius 3 is 3.15 bits per heavy atom. The summed E-state index contributed by atoms with van der Waals surface area (Å²) in [6.07, 6.45) is 7.10. The molecule has 106 valence electrons. The minimum atomic E-state index is 0.359. The first kappa shape index (κ1) is 14.2. The number of rotatable bonds is 5. The molecule has 2 rings (SSSR count). The van der Waals surface area contributed by atoms with Gasteiger partial charge in [-0.25, -0.2) is 4.99 Å². The van der Waals surface area contributed by atoms with Crippen LogP contribution in [-0.2, 0) is 0 Å². The SMILES string of the molecule is C/C=C/c1cc(N=C(N)CC(=N)C2=CCNCC2)n[nH]1. The van der Waals surface area contributed by atoms with Crippen LogP contribution in [0.3, 0.4) is 0 Å². The minimum absolute atomic E-state index is 0.359. The van der Waals surface area contributed by atoms with Crippen molar-refractivity contribution in [1.29, 1.82) is 5.41 Å². The maximum Gasteiger partial charge on any atom is 0.175 e. The number of hydrogen-bond donors (Lipinski definition) is 4. The van der Waals surface area contributed by atoms with Crippen LogP contribution >= 0.6 is 0 Å². The van der Waals surface area contributed by atoms with Crippen molar-refractivity contribution >= 4 is 23.4 Å². The van der Waals surface area contributed by atoms with E-state index >= 15 is 0 Å². The van der Waals surface area contributed by atoms with E-state index in [0.29, 0.717) is 23.8 Å². The topological polar surface area (TPSA) is 103 Å². The van der Waals surface area contributed by atoms with Gasteiger partial charge in [0.2, 0.25) is 0 Å². The van der Waals surface area contributed by atoms with Gasteiger partial charge in [-0.05, 0) is 31.5 Å². The van der Waals surface area contributed by atoms with Crippen molar-refractivity contribution < 1.29 is 0 Å². The first-order chi connectivity index (χ1) is 9.69.